The number of nitrogens with one attached hydrogen (secondary N) is 1. The molecule has 0 unspecified atom stereocenters. The number of nitrogens with zero attached hydrogens (tertiary/aromatic N) is 1. The fourth-order valence-electron chi connectivity index (χ4n) is 3.15. The maximum absolute atomic E-state index is 12.7. The Hall–Kier alpha value is -3.06. The Kier molecular flexibility index (Phi) is 4.93. The molecule has 2 aromatic carbocycles. The van der Waals surface area contributed by atoms with Crippen LogP contribution in [0.3, 0.4) is 0 Å². The van der Waals surface area contributed by atoms with Crippen LogP contribution in [0.4, 0.5) is 5.69 Å². The number of carbonyl (C=O) groups is 2. The first-order valence-electron chi connectivity index (χ1n) is 8.83. The fraction of sp³-hybridized carbons (Fsp3) is 0.300. The smallest absolute Gasteiger partial charge is 0.252 e. The van der Waals surface area contributed by atoms with Crippen LogP contribution in [0.2, 0.25) is 0 Å². The zero-order valence-corrected chi connectivity index (χ0v) is 14.7. The van der Waals surface area contributed by atoms with Gasteiger partial charge in [0, 0.05) is 24.8 Å². The first-order chi connectivity index (χ1) is 13.2. The molecule has 1 atom stereocenters. The number of rotatable bonds is 5. The fourth-order valence-corrected chi connectivity index (χ4v) is 3.15. The first kappa shape index (κ1) is 17.4. The van der Waals surface area contributed by atoms with Crippen LogP contribution in [0, 0.1) is 0 Å². The van der Waals surface area contributed by atoms with Crippen molar-refractivity contribution in [2.75, 3.05) is 25.3 Å². The van der Waals surface area contributed by atoms with Crippen molar-refractivity contribution in [2.45, 2.75) is 19.1 Å². The van der Waals surface area contributed by atoms with Gasteiger partial charge in [-0.05, 0) is 17.7 Å². The standard InChI is InChI=1S/C20H20N2O5/c23-19(21-15-6-7-16-17(10-15)27-13-26-16)11-18-20(24)22(8-9-25-18)12-14-4-2-1-3-5-14/h1-7,10,18H,8-9,11-13H2,(H,21,23)/t18-/m0/s1. The summed E-state index contributed by atoms with van der Waals surface area (Å²) in [6, 6.07) is 14.9. The molecule has 0 aliphatic carbocycles. The van der Waals surface area contributed by atoms with Gasteiger partial charge in [0.2, 0.25) is 12.7 Å². The number of hydrogen-bond acceptors (Lipinski definition) is 5. The van der Waals surface area contributed by atoms with Crippen molar-refractivity contribution < 1.29 is 23.8 Å². The third kappa shape index (κ3) is 4.03. The largest absolute Gasteiger partial charge is 0.454 e. The molecule has 2 aliphatic rings. The highest BCUT2D eigenvalue weighted by atomic mass is 16.7. The number of amides is 2. The SMILES string of the molecule is O=C(C[C@@H]1OCCN(Cc2ccccc2)C1=O)Nc1ccc2c(c1)OCO2. The molecule has 4 rings (SSSR count). The number of carbonyl (C=O) groups excluding carboxylic acids is 2. The van der Waals surface area contributed by atoms with E-state index in [1.54, 1.807) is 23.1 Å². The Labute approximate surface area is 156 Å². The van der Waals surface area contributed by atoms with Gasteiger partial charge in [-0.25, -0.2) is 0 Å². The normalized spacial score (nSPS) is 18.4. The molecule has 27 heavy (non-hydrogen) atoms. The van der Waals surface area contributed by atoms with Crippen molar-refractivity contribution in [2.24, 2.45) is 0 Å². The van der Waals surface area contributed by atoms with E-state index in [0.717, 1.165) is 5.56 Å². The molecule has 7 heteroatoms. The van der Waals surface area contributed by atoms with Crippen LogP contribution in [0.1, 0.15) is 12.0 Å². The van der Waals surface area contributed by atoms with Gasteiger partial charge in [-0.1, -0.05) is 30.3 Å². The van der Waals surface area contributed by atoms with E-state index in [-0.39, 0.29) is 25.0 Å². The van der Waals surface area contributed by atoms with Crippen molar-refractivity contribution in [3.8, 4) is 11.5 Å². The van der Waals surface area contributed by atoms with E-state index in [2.05, 4.69) is 5.32 Å². The van der Waals surface area contributed by atoms with Crippen molar-refractivity contribution in [3.63, 3.8) is 0 Å². The molecule has 7 nitrogen and oxygen atoms in total. The third-order valence-electron chi connectivity index (χ3n) is 4.51. The highest BCUT2D eigenvalue weighted by Crippen LogP contribution is 2.34. The number of benzene rings is 2. The molecule has 0 saturated carbocycles. The number of hydrogen-bond donors (Lipinski definition) is 1. The minimum atomic E-state index is -0.767. The second-order valence-electron chi connectivity index (χ2n) is 6.43. The summed E-state index contributed by atoms with van der Waals surface area (Å²) in [6.45, 7) is 1.63. The van der Waals surface area contributed by atoms with Crippen molar-refractivity contribution in [1.29, 1.82) is 0 Å². The van der Waals surface area contributed by atoms with Crippen LogP contribution in [-0.4, -0.2) is 42.8 Å². The average Bonchev–Trinajstić information content (AvgIpc) is 3.14. The lowest BCUT2D eigenvalue weighted by Gasteiger charge is -2.32. The molecule has 140 valence electrons. The Morgan fingerprint density at radius 1 is 1.11 bits per heavy atom. The van der Waals surface area contributed by atoms with Crippen LogP contribution in [0.5, 0.6) is 11.5 Å². The van der Waals surface area contributed by atoms with E-state index in [0.29, 0.717) is 36.9 Å². The summed E-state index contributed by atoms with van der Waals surface area (Å²) in [6.07, 6.45) is -0.796. The van der Waals surface area contributed by atoms with E-state index in [1.807, 2.05) is 30.3 Å². The molecular formula is C20H20N2O5. The second-order valence-corrected chi connectivity index (χ2v) is 6.43. The molecule has 1 fully saturated rings. The van der Waals surface area contributed by atoms with Crippen LogP contribution >= 0.6 is 0 Å². The molecule has 2 heterocycles. The van der Waals surface area contributed by atoms with Gasteiger partial charge in [0.15, 0.2) is 11.5 Å². The monoisotopic (exact) mass is 368 g/mol. The zero-order chi connectivity index (χ0) is 18.6. The number of anilines is 1. The van der Waals surface area contributed by atoms with Gasteiger partial charge in [0.25, 0.3) is 5.91 Å². The summed E-state index contributed by atoms with van der Waals surface area (Å²) >= 11 is 0. The topological polar surface area (TPSA) is 77.1 Å². The maximum atomic E-state index is 12.7. The zero-order valence-electron chi connectivity index (χ0n) is 14.7. The second kappa shape index (κ2) is 7.67. The molecule has 1 N–H and O–H groups in total. The summed E-state index contributed by atoms with van der Waals surface area (Å²) in [4.78, 5) is 26.7. The number of ether oxygens (including phenoxy) is 3. The van der Waals surface area contributed by atoms with Crippen LogP contribution in [0.25, 0.3) is 0 Å². The van der Waals surface area contributed by atoms with Gasteiger partial charge in [-0.3, -0.25) is 9.59 Å². The van der Waals surface area contributed by atoms with E-state index in [9.17, 15) is 9.59 Å². The van der Waals surface area contributed by atoms with Gasteiger partial charge in [-0.15, -0.1) is 0 Å². The minimum absolute atomic E-state index is 0.0292. The van der Waals surface area contributed by atoms with Crippen LogP contribution in [0.15, 0.2) is 48.5 Å². The Balaban J connectivity index is 1.35. The quantitative estimate of drug-likeness (QED) is 0.875. The van der Waals surface area contributed by atoms with Gasteiger partial charge in [0.05, 0.1) is 13.0 Å². The number of fused-ring (bicyclic) bond motifs is 1. The van der Waals surface area contributed by atoms with Gasteiger partial charge >= 0.3 is 0 Å². The van der Waals surface area contributed by atoms with Crippen molar-refractivity contribution in [1.82, 2.24) is 4.90 Å². The molecule has 0 spiro atoms. The Morgan fingerprint density at radius 3 is 2.78 bits per heavy atom. The van der Waals surface area contributed by atoms with Gasteiger partial charge in [0.1, 0.15) is 6.10 Å². The van der Waals surface area contributed by atoms with E-state index in [4.69, 9.17) is 14.2 Å². The summed E-state index contributed by atoms with van der Waals surface area (Å²) < 4.78 is 16.1. The summed E-state index contributed by atoms with van der Waals surface area (Å²) in [7, 11) is 0. The predicted octanol–water partition coefficient (Wildman–Crippen LogP) is 2.17. The molecule has 1 saturated heterocycles. The predicted molar refractivity (Wildman–Crippen MR) is 97.4 cm³/mol. The van der Waals surface area contributed by atoms with E-state index < -0.39 is 6.10 Å². The third-order valence-corrected chi connectivity index (χ3v) is 4.51. The van der Waals surface area contributed by atoms with Crippen LogP contribution in [-0.2, 0) is 20.9 Å². The van der Waals surface area contributed by atoms with Gasteiger partial charge in [-0.2, -0.15) is 0 Å². The molecule has 0 radical (unpaired) electrons. The van der Waals surface area contributed by atoms with Crippen LogP contribution < -0.4 is 14.8 Å². The average molecular weight is 368 g/mol. The molecule has 0 aromatic heterocycles. The Bertz CT molecular complexity index is 840. The summed E-state index contributed by atoms with van der Waals surface area (Å²) in [5.74, 6) is 0.793. The molecule has 2 amide bonds. The summed E-state index contributed by atoms with van der Waals surface area (Å²) in [5.41, 5.74) is 1.64. The highest BCUT2D eigenvalue weighted by Gasteiger charge is 2.31. The van der Waals surface area contributed by atoms with E-state index >= 15 is 0 Å². The molecule has 0 bridgehead atoms. The summed E-state index contributed by atoms with van der Waals surface area (Å²) in [5, 5.41) is 2.78. The minimum Gasteiger partial charge on any atom is -0.454 e. The molecule has 2 aliphatic heterocycles. The van der Waals surface area contributed by atoms with Crippen molar-refractivity contribution >= 4 is 17.5 Å². The van der Waals surface area contributed by atoms with Gasteiger partial charge < -0.3 is 24.4 Å². The van der Waals surface area contributed by atoms with E-state index in [1.165, 1.54) is 0 Å². The highest BCUT2D eigenvalue weighted by molar-refractivity contribution is 5.95. The lowest BCUT2D eigenvalue weighted by atomic mass is 10.1. The Morgan fingerprint density at radius 2 is 1.93 bits per heavy atom. The first-order valence-corrected chi connectivity index (χ1v) is 8.83. The number of morpholine rings is 1. The maximum Gasteiger partial charge on any atom is 0.252 e. The lowest BCUT2D eigenvalue weighted by Crippen LogP contribution is -2.48. The lowest BCUT2D eigenvalue weighted by molar-refractivity contribution is -0.155. The molecule has 2 aromatic rings. The van der Waals surface area contributed by atoms with Crippen molar-refractivity contribution in [3.05, 3.63) is 54.1 Å². The molecular weight excluding hydrogens is 348 g/mol.